The van der Waals surface area contributed by atoms with Gasteiger partial charge in [-0.3, -0.25) is 9.69 Å². The highest BCUT2D eigenvalue weighted by Crippen LogP contribution is 2.27. The van der Waals surface area contributed by atoms with Crippen LogP contribution < -0.4 is 5.32 Å². The molecule has 1 unspecified atom stereocenters. The van der Waals surface area contributed by atoms with Crippen LogP contribution in [-0.2, 0) is 21.2 Å². The molecule has 3 rings (SSSR count). The predicted octanol–water partition coefficient (Wildman–Crippen LogP) is 1.99. The average molecular weight is 397 g/mol. The number of aromatic nitrogens is 2. The third kappa shape index (κ3) is 4.52. The monoisotopic (exact) mass is 396 g/mol. The maximum Gasteiger partial charge on any atom is 0.239 e. The first kappa shape index (κ1) is 19.1. The van der Waals surface area contributed by atoms with E-state index in [2.05, 4.69) is 28.8 Å². The van der Waals surface area contributed by atoms with Crippen LogP contribution in [0.2, 0.25) is 0 Å². The van der Waals surface area contributed by atoms with Crippen molar-refractivity contribution in [2.75, 3.05) is 30.4 Å². The van der Waals surface area contributed by atoms with Crippen LogP contribution in [0.25, 0.3) is 0 Å². The average Bonchev–Trinajstić information content (AvgIpc) is 3.19. The summed E-state index contributed by atoms with van der Waals surface area (Å²) < 4.78 is 25.1. The lowest BCUT2D eigenvalue weighted by molar-refractivity contribution is -0.117. The second-order valence-electron chi connectivity index (χ2n) is 6.92. The zero-order chi connectivity index (χ0) is 18.9. The number of hydrogen-bond donors (Lipinski definition) is 1. The fourth-order valence-electron chi connectivity index (χ4n) is 3.15. The van der Waals surface area contributed by atoms with Crippen LogP contribution in [0.4, 0.5) is 5.82 Å². The third-order valence-corrected chi connectivity index (χ3v) is 7.23. The van der Waals surface area contributed by atoms with E-state index in [0.717, 1.165) is 12.2 Å². The van der Waals surface area contributed by atoms with E-state index in [1.54, 1.807) is 22.1 Å². The van der Waals surface area contributed by atoms with Crippen molar-refractivity contribution < 1.29 is 13.2 Å². The van der Waals surface area contributed by atoms with E-state index in [1.807, 2.05) is 18.9 Å². The van der Waals surface area contributed by atoms with Crippen molar-refractivity contribution in [2.45, 2.75) is 32.9 Å². The number of rotatable bonds is 6. The molecule has 26 heavy (non-hydrogen) atoms. The molecule has 2 aromatic rings. The second kappa shape index (κ2) is 7.50. The molecule has 0 aliphatic carbocycles. The maximum absolute atomic E-state index is 12.4. The molecule has 0 bridgehead atoms. The SMILES string of the molecule is Cc1cc(NC(=O)CN(C)Cc2sccc2C)n(C2CCS(=O)(=O)C2)n1. The smallest absolute Gasteiger partial charge is 0.239 e. The highest BCUT2D eigenvalue weighted by molar-refractivity contribution is 7.91. The summed E-state index contributed by atoms with van der Waals surface area (Å²) in [5, 5.41) is 9.33. The summed E-state index contributed by atoms with van der Waals surface area (Å²) in [5.41, 5.74) is 1.99. The van der Waals surface area contributed by atoms with E-state index in [1.165, 1.54) is 10.4 Å². The fourth-order valence-corrected chi connectivity index (χ4v) is 5.83. The van der Waals surface area contributed by atoms with Crippen molar-refractivity contribution in [3.8, 4) is 0 Å². The van der Waals surface area contributed by atoms with E-state index in [0.29, 0.717) is 12.2 Å². The number of hydrogen-bond acceptors (Lipinski definition) is 6. The zero-order valence-electron chi connectivity index (χ0n) is 15.2. The standard InChI is InChI=1S/C17H24N4O3S2/c1-12-4-6-25-15(12)9-20(3)10-17(22)18-16-8-13(2)19-21(16)14-5-7-26(23,24)11-14/h4,6,8,14H,5,7,9-11H2,1-3H3,(H,18,22). The molecule has 1 aliphatic rings. The van der Waals surface area contributed by atoms with Gasteiger partial charge in [0.25, 0.3) is 0 Å². The van der Waals surface area contributed by atoms with Crippen LogP contribution in [0.3, 0.4) is 0 Å². The number of amides is 1. The molecule has 1 atom stereocenters. The van der Waals surface area contributed by atoms with Gasteiger partial charge >= 0.3 is 0 Å². The van der Waals surface area contributed by atoms with Gasteiger partial charge in [0, 0.05) is 17.5 Å². The van der Waals surface area contributed by atoms with E-state index in [9.17, 15) is 13.2 Å². The van der Waals surface area contributed by atoms with Crippen LogP contribution in [-0.4, -0.2) is 54.1 Å². The van der Waals surface area contributed by atoms with Gasteiger partial charge in [-0.15, -0.1) is 11.3 Å². The Bertz CT molecular complexity index is 901. The van der Waals surface area contributed by atoms with Crippen molar-refractivity contribution >= 4 is 32.9 Å². The summed E-state index contributed by atoms with van der Waals surface area (Å²) in [4.78, 5) is 15.6. The van der Waals surface area contributed by atoms with E-state index in [4.69, 9.17) is 0 Å². The van der Waals surface area contributed by atoms with E-state index >= 15 is 0 Å². The van der Waals surface area contributed by atoms with Gasteiger partial charge in [0.05, 0.1) is 29.8 Å². The minimum absolute atomic E-state index is 0.0779. The number of carbonyl (C=O) groups is 1. The molecule has 1 amide bonds. The molecule has 1 aliphatic heterocycles. The number of sulfone groups is 1. The van der Waals surface area contributed by atoms with Crippen LogP contribution in [0.5, 0.6) is 0 Å². The van der Waals surface area contributed by atoms with Gasteiger partial charge in [-0.1, -0.05) is 0 Å². The Hall–Kier alpha value is -1.71. The van der Waals surface area contributed by atoms with Crippen molar-refractivity contribution in [2.24, 2.45) is 0 Å². The molecule has 0 aromatic carbocycles. The number of aryl methyl sites for hydroxylation is 2. The summed E-state index contributed by atoms with van der Waals surface area (Å²) >= 11 is 1.69. The first-order valence-corrected chi connectivity index (χ1v) is 11.2. The van der Waals surface area contributed by atoms with Gasteiger partial charge in [-0.25, -0.2) is 13.1 Å². The van der Waals surface area contributed by atoms with E-state index in [-0.39, 0.29) is 30.0 Å². The van der Waals surface area contributed by atoms with Crippen LogP contribution in [0.1, 0.15) is 28.6 Å². The Kier molecular flexibility index (Phi) is 5.50. The Morgan fingerprint density at radius 2 is 2.23 bits per heavy atom. The second-order valence-corrected chi connectivity index (χ2v) is 10.1. The summed E-state index contributed by atoms with van der Waals surface area (Å²) in [6, 6.07) is 3.65. The molecule has 0 radical (unpaired) electrons. The molecule has 1 saturated heterocycles. The molecule has 3 heterocycles. The van der Waals surface area contributed by atoms with Crippen molar-refractivity contribution in [3.63, 3.8) is 0 Å². The summed E-state index contributed by atoms with van der Waals surface area (Å²) in [5.74, 6) is 0.681. The van der Waals surface area contributed by atoms with Gasteiger partial charge < -0.3 is 5.32 Å². The first-order chi connectivity index (χ1) is 12.2. The fraction of sp³-hybridized carbons (Fsp3) is 0.529. The number of carbonyl (C=O) groups excluding carboxylic acids is 1. The van der Waals surface area contributed by atoms with Crippen molar-refractivity contribution in [1.29, 1.82) is 0 Å². The minimum Gasteiger partial charge on any atom is -0.310 e. The minimum atomic E-state index is -3.01. The summed E-state index contributed by atoms with van der Waals surface area (Å²) in [7, 11) is -1.10. The quantitative estimate of drug-likeness (QED) is 0.807. The lowest BCUT2D eigenvalue weighted by atomic mass is 10.3. The van der Waals surface area contributed by atoms with E-state index < -0.39 is 9.84 Å². The Morgan fingerprint density at radius 3 is 2.85 bits per heavy atom. The maximum atomic E-state index is 12.4. The number of anilines is 1. The van der Waals surface area contributed by atoms with Gasteiger partial charge in [0.2, 0.25) is 5.91 Å². The van der Waals surface area contributed by atoms with Gasteiger partial charge in [0.1, 0.15) is 5.82 Å². The zero-order valence-corrected chi connectivity index (χ0v) is 16.9. The Balaban J connectivity index is 1.63. The van der Waals surface area contributed by atoms with Crippen molar-refractivity contribution in [3.05, 3.63) is 33.6 Å². The third-order valence-electron chi connectivity index (χ3n) is 4.47. The lowest BCUT2D eigenvalue weighted by Gasteiger charge is -2.17. The highest BCUT2D eigenvalue weighted by Gasteiger charge is 2.31. The normalized spacial score (nSPS) is 19.2. The number of likely N-dealkylation sites (N-methyl/N-ethyl adjacent to an activating group) is 1. The Morgan fingerprint density at radius 1 is 1.46 bits per heavy atom. The number of nitrogens with one attached hydrogen (secondary N) is 1. The molecule has 0 spiro atoms. The lowest BCUT2D eigenvalue weighted by Crippen LogP contribution is -2.30. The predicted molar refractivity (Wildman–Crippen MR) is 103 cm³/mol. The van der Waals surface area contributed by atoms with Gasteiger partial charge in [-0.05, 0) is 44.3 Å². The molecule has 142 valence electrons. The van der Waals surface area contributed by atoms with Crippen LogP contribution >= 0.6 is 11.3 Å². The van der Waals surface area contributed by atoms with Crippen molar-refractivity contribution in [1.82, 2.24) is 14.7 Å². The largest absolute Gasteiger partial charge is 0.310 e. The number of nitrogens with zero attached hydrogens (tertiary/aromatic N) is 3. The molecule has 7 nitrogen and oxygen atoms in total. The van der Waals surface area contributed by atoms with Crippen LogP contribution in [0, 0.1) is 13.8 Å². The summed E-state index contributed by atoms with van der Waals surface area (Å²) in [6.45, 7) is 4.87. The highest BCUT2D eigenvalue weighted by atomic mass is 32.2. The molecule has 0 saturated carbocycles. The first-order valence-electron chi connectivity index (χ1n) is 8.51. The van der Waals surface area contributed by atoms with Gasteiger partial charge in [0.15, 0.2) is 9.84 Å². The number of thiophene rings is 1. The van der Waals surface area contributed by atoms with Crippen LogP contribution in [0.15, 0.2) is 17.5 Å². The molecule has 1 N–H and O–H groups in total. The van der Waals surface area contributed by atoms with Gasteiger partial charge in [-0.2, -0.15) is 5.10 Å². The molecular formula is C17H24N4O3S2. The molecule has 9 heteroatoms. The molecule has 1 fully saturated rings. The topological polar surface area (TPSA) is 84.3 Å². The Labute approximate surface area is 157 Å². The molecule has 2 aromatic heterocycles. The molecular weight excluding hydrogens is 372 g/mol. The summed E-state index contributed by atoms with van der Waals surface area (Å²) in [6.07, 6.45) is 0.532.